The summed E-state index contributed by atoms with van der Waals surface area (Å²) in [5.41, 5.74) is 0.659. The summed E-state index contributed by atoms with van der Waals surface area (Å²) in [5.74, 6) is 0.411. The van der Waals surface area contributed by atoms with E-state index < -0.39 is 9.84 Å². The van der Waals surface area contributed by atoms with Gasteiger partial charge in [-0.15, -0.1) is 0 Å². The Labute approximate surface area is 104 Å². The van der Waals surface area contributed by atoms with E-state index in [9.17, 15) is 8.42 Å². The number of hydrogen-bond acceptors (Lipinski definition) is 3. The van der Waals surface area contributed by atoms with Gasteiger partial charge in [0.15, 0.2) is 9.84 Å². The standard InChI is InChI=1S/C13H23NO2S/c15-17(16)7-3-4-12(17)10-14-11-8-13(9-11)5-1-2-6-13/h11-12,14H,1-10H2. The third-order valence-electron chi connectivity index (χ3n) is 5.12. The molecule has 2 saturated carbocycles. The van der Waals surface area contributed by atoms with Crippen molar-refractivity contribution in [2.75, 3.05) is 12.3 Å². The predicted molar refractivity (Wildman–Crippen MR) is 68.7 cm³/mol. The first-order valence-corrected chi connectivity index (χ1v) is 8.76. The van der Waals surface area contributed by atoms with Crippen molar-refractivity contribution >= 4 is 9.84 Å². The van der Waals surface area contributed by atoms with Gasteiger partial charge in [0, 0.05) is 12.6 Å². The van der Waals surface area contributed by atoms with Gasteiger partial charge in [0.2, 0.25) is 0 Å². The highest BCUT2D eigenvalue weighted by molar-refractivity contribution is 7.92. The SMILES string of the molecule is O=S1(=O)CCCC1CNC1CC2(CCCC2)C1. The average molecular weight is 257 g/mol. The van der Waals surface area contributed by atoms with Gasteiger partial charge in [-0.2, -0.15) is 0 Å². The van der Waals surface area contributed by atoms with E-state index in [1.54, 1.807) is 0 Å². The van der Waals surface area contributed by atoms with Crippen LogP contribution < -0.4 is 5.32 Å². The minimum Gasteiger partial charge on any atom is -0.313 e. The van der Waals surface area contributed by atoms with Crippen LogP contribution in [0.25, 0.3) is 0 Å². The maximum absolute atomic E-state index is 11.7. The first-order chi connectivity index (χ1) is 8.10. The van der Waals surface area contributed by atoms with Gasteiger partial charge >= 0.3 is 0 Å². The summed E-state index contributed by atoms with van der Waals surface area (Å²) in [6, 6.07) is 0.601. The van der Waals surface area contributed by atoms with Crippen LogP contribution in [-0.4, -0.2) is 32.0 Å². The third-order valence-corrected chi connectivity index (χ3v) is 7.40. The van der Waals surface area contributed by atoms with Crippen molar-refractivity contribution in [3.05, 3.63) is 0 Å². The zero-order valence-corrected chi connectivity index (χ0v) is 11.3. The molecule has 0 amide bonds. The van der Waals surface area contributed by atoms with E-state index in [0.29, 0.717) is 23.8 Å². The van der Waals surface area contributed by atoms with E-state index in [1.165, 1.54) is 38.5 Å². The molecule has 1 heterocycles. The van der Waals surface area contributed by atoms with Crippen molar-refractivity contribution in [1.29, 1.82) is 0 Å². The largest absolute Gasteiger partial charge is 0.313 e. The van der Waals surface area contributed by atoms with E-state index >= 15 is 0 Å². The lowest BCUT2D eigenvalue weighted by Crippen LogP contribution is -2.49. The minimum absolute atomic E-state index is 0.0948. The van der Waals surface area contributed by atoms with Crippen LogP contribution in [0.5, 0.6) is 0 Å². The Bertz CT molecular complexity index is 376. The molecule has 0 aromatic carbocycles. The Morgan fingerprint density at radius 2 is 1.82 bits per heavy atom. The molecule has 98 valence electrons. The lowest BCUT2D eigenvalue weighted by Gasteiger charge is -2.46. The summed E-state index contributed by atoms with van der Waals surface area (Å²) >= 11 is 0. The Morgan fingerprint density at radius 3 is 2.41 bits per heavy atom. The molecule has 0 bridgehead atoms. The second kappa shape index (κ2) is 4.23. The van der Waals surface area contributed by atoms with Gasteiger partial charge in [0.1, 0.15) is 0 Å². The fourth-order valence-corrected chi connectivity index (χ4v) is 5.83. The van der Waals surface area contributed by atoms with E-state index in [4.69, 9.17) is 0 Å². The van der Waals surface area contributed by atoms with Crippen LogP contribution in [0.4, 0.5) is 0 Å². The average Bonchev–Trinajstić information content (AvgIpc) is 2.80. The number of rotatable bonds is 3. The van der Waals surface area contributed by atoms with Gasteiger partial charge < -0.3 is 5.32 Å². The first-order valence-electron chi connectivity index (χ1n) is 7.05. The Hall–Kier alpha value is -0.0900. The zero-order valence-electron chi connectivity index (χ0n) is 10.5. The lowest BCUT2D eigenvalue weighted by atomic mass is 9.64. The normalized spacial score (nSPS) is 35.2. The summed E-state index contributed by atoms with van der Waals surface area (Å²) in [5, 5.41) is 3.39. The molecule has 3 rings (SSSR count). The monoisotopic (exact) mass is 257 g/mol. The van der Waals surface area contributed by atoms with Crippen LogP contribution in [0, 0.1) is 5.41 Å². The first kappa shape index (κ1) is 12.0. The van der Waals surface area contributed by atoms with Crippen molar-refractivity contribution < 1.29 is 8.42 Å². The van der Waals surface area contributed by atoms with Crippen molar-refractivity contribution in [3.8, 4) is 0 Å². The van der Waals surface area contributed by atoms with E-state index in [-0.39, 0.29) is 5.25 Å². The summed E-state index contributed by atoms with van der Waals surface area (Å²) in [7, 11) is -2.76. The van der Waals surface area contributed by atoms with Crippen molar-refractivity contribution in [1.82, 2.24) is 5.32 Å². The van der Waals surface area contributed by atoms with E-state index in [2.05, 4.69) is 5.32 Å². The molecule has 3 fully saturated rings. The molecule has 0 aromatic rings. The third kappa shape index (κ3) is 2.26. The number of sulfone groups is 1. The molecule has 0 aromatic heterocycles. The number of hydrogen-bond donors (Lipinski definition) is 1. The lowest BCUT2D eigenvalue weighted by molar-refractivity contribution is 0.0902. The molecule has 1 N–H and O–H groups in total. The van der Waals surface area contributed by atoms with Crippen LogP contribution in [0.2, 0.25) is 0 Å². The molecule has 1 saturated heterocycles. The molecule has 3 nitrogen and oxygen atoms in total. The molecular formula is C13H23NO2S. The highest BCUT2D eigenvalue weighted by Gasteiger charge is 2.45. The maximum Gasteiger partial charge on any atom is 0.154 e. The Balaban J connectivity index is 1.44. The van der Waals surface area contributed by atoms with Crippen molar-refractivity contribution in [2.24, 2.45) is 5.41 Å². The van der Waals surface area contributed by atoms with Crippen molar-refractivity contribution in [2.45, 2.75) is 62.7 Å². The van der Waals surface area contributed by atoms with Gasteiger partial charge in [-0.3, -0.25) is 0 Å². The Kier molecular flexibility index (Phi) is 2.98. The molecular weight excluding hydrogens is 234 g/mol. The summed E-state index contributed by atoms with van der Waals surface area (Å²) in [4.78, 5) is 0. The van der Waals surface area contributed by atoms with Crippen LogP contribution >= 0.6 is 0 Å². The molecule has 4 heteroatoms. The molecule has 1 aliphatic heterocycles. The quantitative estimate of drug-likeness (QED) is 0.839. The van der Waals surface area contributed by atoms with E-state index in [1.807, 2.05) is 0 Å². The summed E-state index contributed by atoms with van der Waals surface area (Å²) in [6.07, 6.45) is 9.95. The molecule has 1 atom stereocenters. The zero-order chi connectivity index (χ0) is 11.9. The van der Waals surface area contributed by atoms with Gasteiger partial charge in [0.05, 0.1) is 11.0 Å². The topological polar surface area (TPSA) is 46.2 Å². The summed E-state index contributed by atoms with van der Waals surface area (Å²) < 4.78 is 23.4. The van der Waals surface area contributed by atoms with Gasteiger partial charge in [-0.05, 0) is 43.9 Å². The fourth-order valence-electron chi connectivity index (χ4n) is 4.05. The van der Waals surface area contributed by atoms with Crippen LogP contribution in [0.1, 0.15) is 51.4 Å². The fraction of sp³-hybridized carbons (Fsp3) is 1.00. The predicted octanol–water partition coefficient (Wildman–Crippen LogP) is 1.88. The maximum atomic E-state index is 11.7. The van der Waals surface area contributed by atoms with Gasteiger partial charge in [-0.25, -0.2) is 8.42 Å². The van der Waals surface area contributed by atoms with E-state index in [0.717, 1.165) is 12.8 Å². The molecule has 2 aliphatic carbocycles. The van der Waals surface area contributed by atoms with Gasteiger partial charge in [-0.1, -0.05) is 12.8 Å². The minimum atomic E-state index is -2.76. The summed E-state index contributed by atoms with van der Waals surface area (Å²) in [6.45, 7) is 0.698. The second-order valence-corrected chi connectivity index (χ2v) is 8.75. The Morgan fingerprint density at radius 1 is 1.12 bits per heavy atom. The molecule has 17 heavy (non-hydrogen) atoms. The molecule has 3 aliphatic rings. The number of nitrogens with one attached hydrogen (secondary N) is 1. The van der Waals surface area contributed by atoms with Crippen LogP contribution in [0.15, 0.2) is 0 Å². The van der Waals surface area contributed by atoms with Crippen LogP contribution in [0.3, 0.4) is 0 Å². The van der Waals surface area contributed by atoms with Gasteiger partial charge in [0.25, 0.3) is 0 Å². The van der Waals surface area contributed by atoms with Crippen LogP contribution in [-0.2, 0) is 9.84 Å². The second-order valence-electron chi connectivity index (χ2n) is 6.35. The molecule has 1 spiro atoms. The highest BCUT2D eigenvalue weighted by atomic mass is 32.2. The smallest absolute Gasteiger partial charge is 0.154 e. The molecule has 0 radical (unpaired) electrons. The highest BCUT2D eigenvalue weighted by Crippen LogP contribution is 2.53. The molecule has 1 unspecified atom stereocenters. The van der Waals surface area contributed by atoms with Crippen molar-refractivity contribution in [3.63, 3.8) is 0 Å².